The van der Waals surface area contributed by atoms with E-state index in [0.29, 0.717) is 13.1 Å². The summed E-state index contributed by atoms with van der Waals surface area (Å²) in [5.41, 5.74) is 4.21. The summed E-state index contributed by atoms with van der Waals surface area (Å²) < 4.78 is 5.82. The predicted octanol–water partition coefficient (Wildman–Crippen LogP) is 6.17. The minimum absolute atomic E-state index is 0.244. The fourth-order valence-corrected chi connectivity index (χ4v) is 3.81. The van der Waals surface area contributed by atoms with E-state index in [-0.39, 0.29) is 12.6 Å². The standard InChI is InChI=1S/C29H27NO2/c31-29(32-23-26-17-9-3-10-18-26)28(27-19-11-4-12-20-27)30(21-24-13-5-1-6-14-24)22-25-15-7-2-8-16-25/h1-20,28H,21-23H2/t28-/m0/s1. The molecule has 0 bridgehead atoms. The monoisotopic (exact) mass is 421 g/mol. The van der Waals surface area contributed by atoms with E-state index >= 15 is 0 Å². The van der Waals surface area contributed by atoms with Crippen LogP contribution in [0, 0.1) is 0 Å². The highest BCUT2D eigenvalue weighted by Crippen LogP contribution is 2.27. The summed E-state index contributed by atoms with van der Waals surface area (Å²) in [7, 11) is 0. The molecule has 0 unspecified atom stereocenters. The van der Waals surface area contributed by atoms with Crippen molar-refractivity contribution in [3.63, 3.8) is 0 Å². The molecule has 0 saturated carbocycles. The fraction of sp³-hybridized carbons (Fsp3) is 0.138. The quantitative estimate of drug-likeness (QED) is 0.303. The van der Waals surface area contributed by atoms with Gasteiger partial charge in [0.15, 0.2) is 0 Å². The molecule has 4 rings (SSSR count). The van der Waals surface area contributed by atoms with E-state index in [2.05, 4.69) is 29.2 Å². The summed E-state index contributed by atoms with van der Waals surface area (Å²) >= 11 is 0. The Hall–Kier alpha value is -3.69. The molecule has 0 amide bonds. The molecule has 0 aromatic heterocycles. The normalized spacial score (nSPS) is 11.8. The minimum atomic E-state index is -0.514. The van der Waals surface area contributed by atoms with Crippen molar-refractivity contribution >= 4 is 5.97 Å². The summed E-state index contributed by atoms with van der Waals surface area (Å²) in [5, 5.41) is 0. The van der Waals surface area contributed by atoms with Crippen LogP contribution in [0.1, 0.15) is 28.3 Å². The van der Waals surface area contributed by atoms with Crippen LogP contribution in [0.25, 0.3) is 0 Å². The Labute approximate surface area is 189 Å². The fourth-order valence-electron chi connectivity index (χ4n) is 3.81. The van der Waals surface area contributed by atoms with E-state index in [1.165, 1.54) is 0 Å². The smallest absolute Gasteiger partial charge is 0.328 e. The zero-order chi connectivity index (χ0) is 22.0. The van der Waals surface area contributed by atoms with Gasteiger partial charge in [0.1, 0.15) is 12.6 Å². The zero-order valence-corrected chi connectivity index (χ0v) is 18.0. The number of ether oxygens (including phenoxy) is 1. The number of rotatable bonds is 9. The number of hydrogen-bond acceptors (Lipinski definition) is 3. The number of esters is 1. The van der Waals surface area contributed by atoms with Gasteiger partial charge in [-0.2, -0.15) is 0 Å². The van der Waals surface area contributed by atoms with Gasteiger partial charge in [-0.25, -0.2) is 4.79 Å². The molecule has 0 aliphatic carbocycles. The first-order valence-electron chi connectivity index (χ1n) is 10.9. The van der Waals surface area contributed by atoms with Gasteiger partial charge in [0.05, 0.1) is 0 Å². The van der Waals surface area contributed by atoms with Crippen molar-refractivity contribution in [1.29, 1.82) is 0 Å². The van der Waals surface area contributed by atoms with Gasteiger partial charge in [-0.1, -0.05) is 121 Å². The first-order valence-corrected chi connectivity index (χ1v) is 10.9. The molecule has 0 spiro atoms. The molecule has 4 aromatic rings. The third-order valence-corrected chi connectivity index (χ3v) is 5.38. The van der Waals surface area contributed by atoms with Gasteiger partial charge < -0.3 is 4.74 Å². The van der Waals surface area contributed by atoms with Gasteiger partial charge in [0.25, 0.3) is 0 Å². The second-order valence-corrected chi connectivity index (χ2v) is 7.78. The summed E-state index contributed by atoms with van der Waals surface area (Å²) in [6, 6.07) is 39.7. The summed E-state index contributed by atoms with van der Waals surface area (Å²) in [5.74, 6) is -0.244. The van der Waals surface area contributed by atoms with Crippen LogP contribution in [0.15, 0.2) is 121 Å². The Bertz CT molecular complexity index is 1040. The molecular weight excluding hydrogens is 394 g/mol. The van der Waals surface area contributed by atoms with E-state index < -0.39 is 6.04 Å². The van der Waals surface area contributed by atoms with Crippen molar-refractivity contribution in [2.24, 2.45) is 0 Å². The molecule has 0 radical (unpaired) electrons. The highest BCUT2D eigenvalue weighted by atomic mass is 16.5. The molecule has 0 fully saturated rings. The number of carbonyl (C=O) groups is 1. The topological polar surface area (TPSA) is 29.5 Å². The van der Waals surface area contributed by atoms with E-state index in [0.717, 1.165) is 22.3 Å². The molecule has 1 atom stereocenters. The molecule has 3 nitrogen and oxygen atoms in total. The molecule has 0 N–H and O–H groups in total. The summed E-state index contributed by atoms with van der Waals surface area (Å²) in [6.07, 6.45) is 0. The maximum atomic E-state index is 13.5. The van der Waals surface area contributed by atoms with E-state index in [4.69, 9.17) is 4.74 Å². The zero-order valence-electron chi connectivity index (χ0n) is 18.0. The number of nitrogens with zero attached hydrogens (tertiary/aromatic N) is 1. The number of hydrogen-bond donors (Lipinski definition) is 0. The van der Waals surface area contributed by atoms with Crippen LogP contribution in [-0.2, 0) is 29.2 Å². The summed E-state index contributed by atoms with van der Waals surface area (Å²) in [4.78, 5) is 15.7. The van der Waals surface area contributed by atoms with Crippen molar-refractivity contribution in [2.75, 3.05) is 0 Å². The average Bonchev–Trinajstić information content (AvgIpc) is 2.85. The van der Waals surface area contributed by atoms with Crippen molar-refractivity contribution in [3.05, 3.63) is 144 Å². The Morgan fingerprint density at radius 1 is 0.594 bits per heavy atom. The molecule has 0 aliphatic rings. The lowest BCUT2D eigenvalue weighted by Crippen LogP contribution is -2.34. The Balaban J connectivity index is 1.64. The van der Waals surface area contributed by atoms with Crippen molar-refractivity contribution in [3.8, 4) is 0 Å². The molecule has 4 aromatic carbocycles. The van der Waals surface area contributed by atoms with Crippen LogP contribution in [0.5, 0.6) is 0 Å². The lowest BCUT2D eigenvalue weighted by atomic mass is 10.0. The van der Waals surface area contributed by atoms with Crippen LogP contribution in [0.4, 0.5) is 0 Å². The third-order valence-electron chi connectivity index (χ3n) is 5.38. The van der Waals surface area contributed by atoms with Crippen LogP contribution >= 0.6 is 0 Å². The van der Waals surface area contributed by atoms with Crippen molar-refractivity contribution < 1.29 is 9.53 Å². The SMILES string of the molecule is O=C(OCc1ccccc1)[C@H](c1ccccc1)N(Cc1ccccc1)Cc1ccccc1. The number of benzene rings is 4. The van der Waals surface area contributed by atoms with E-state index in [1.54, 1.807) is 0 Å². The van der Waals surface area contributed by atoms with Crippen LogP contribution in [0.3, 0.4) is 0 Å². The third kappa shape index (κ3) is 5.93. The molecule has 160 valence electrons. The van der Waals surface area contributed by atoms with E-state index in [9.17, 15) is 4.79 Å². The first-order chi connectivity index (χ1) is 15.8. The van der Waals surface area contributed by atoms with Crippen LogP contribution in [-0.4, -0.2) is 10.9 Å². The number of carbonyl (C=O) groups excluding carboxylic acids is 1. The lowest BCUT2D eigenvalue weighted by molar-refractivity contribution is -0.152. The molecular formula is C29H27NO2. The molecule has 3 heteroatoms. The molecule has 0 heterocycles. The largest absolute Gasteiger partial charge is 0.459 e. The van der Waals surface area contributed by atoms with Gasteiger partial charge in [-0.05, 0) is 22.3 Å². The average molecular weight is 422 g/mol. The van der Waals surface area contributed by atoms with Gasteiger partial charge in [0, 0.05) is 13.1 Å². The second kappa shape index (κ2) is 11.1. The molecule has 32 heavy (non-hydrogen) atoms. The van der Waals surface area contributed by atoms with E-state index in [1.807, 2.05) is 97.1 Å². The molecule has 0 aliphatic heterocycles. The van der Waals surface area contributed by atoms with Crippen molar-refractivity contribution in [1.82, 2.24) is 4.90 Å². The van der Waals surface area contributed by atoms with Crippen LogP contribution < -0.4 is 0 Å². The Morgan fingerprint density at radius 3 is 1.47 bits per heavy atom. The van der Waals surface area contributed by atoms with Gasteiger partial charge in [-0.3, -0.25) is 4.90 Å². The maximum absolute atomic E-state index is 13.5. The highest BCUT2D eigenvalue weighted by molar-refractivity contribution is 5.77. The minimum Gasteiger partial charge on any atom is -0.459 e. The summed E-state index contributed by atoms with van der Waals surface area (Å²) in [6.45, 7) is 1.53. The molecule has 0 saturated heterocycles. The predicted molar refractivity (Wildman–Crippen MR) is 128 cm³/mol. The van der Waals surface area contributed by atoms with Crippen molar-refractivity contribution in [2.45, 2.75) is 25.7 Å². The maximum Gasteiger partial charge on any atom is 0.328 e. The van der Waals surface area contributed by atoms with Gasteiger partial charge in [0.2, 0.25) is 0 Å². The Morgan fingerprint density at radius 2 is 1.00 bits per heavy atom. The second-order valence-electron chi connectivity index (χ2n) is 7.78. The first kappa shape index (κ1) is 21.5. The van der Waals surface area contributed by atoms with Crippen LogP contribution in [0.2, 0.25) is 0 Å². The van der Waals surface area contributed by atoms with Gasteiger partial charge >= 0.3 is 5.97 Å². The van der Waals surface area contributed by atoms with Gasteiger partial charge in [-0.15, -0.1) is 0 Å². The Kier molecular flexibility index (Phi) is 7.46. The highest BCUT2D eigenvalue weighted by Gasteiger charge is 2.29. The lowest BCUT2D eigenvalue weighted by Gasteiger charge is -2.31.